The first-order valence-corrected chi connectivity index (χ1v) is 8.32. The molecule has 0 aliphatic carbocycles. The summed E-state index contributed by atoms with van der Waals surface area (Å²) in [6.07, 6.45) is 0. The molecule has 0 amide bonds. The number of fused-ring (bicyclic) bond motifs is 1. The van der Waals surface area contributed by atoms with Crippen molar-refractivity contribution in [2.45, 2.75) is 38.3 Å². The maximum atomic E-state index is 6.67. The molecule has 0 spiro atoms. The molecule has 0 aromatic heterocycles. The first-order valence-electron chi connectivity index (χ1n) is 8.32. The van der Waals surface area contributed by atoms with Crippen molar-refractivity contribution in [1.82, 2.24) is 0 Å². The fraction of sp³-hybridized carbons (Fsp3) is 0.400. The molecule has 0 fully saturated rings. The number of methoxy groups -OCH3 is 1. The summed E-state index contributed by atoms with van der Waals surface area (Å²) in [6, 6.07) is 13.7. The van der Waals surface area contributed by atoms with Crippen LogP contribution < -0.4 is 19.9 Å². The highest BCUT2D eigenvalue weighted by Crippen LogP contribution is 2.50. The fourth-order valence-corrected chi connectivity index (χ4v) is 3.59. The average Bonchev–Trinajstić information content (AvgIpc) is 2.54. The van der Waals surface area contributed by atoms with Crippen molar-refractivity contribution in [2.24, 2.45) is 5.73 Å². The Balaban J connectivity index is 2.06. The van der Waals surface area contributed by atoms with Crippen LogP contribution in [0.3, 0.4) is 0 Å². The summed E-state index contributed by atoms with van der Waals surface area (Å²) in [5.74, 6) is 2.42. The fourth-order valence-electron chi connectivity index (χ4n) is 3.59. The molecule has 2 aromatic rings. The summed E-state index contributed by atoms with van der Waals surface area (Å²) in [6.45, 7) is 6.73. The minimum atomic E-state index is -0.466. The number of hydrogen-bond donors (Lipinski definition) is 1. The summed E-state index contributed by atoms with van der Waals surface area (Å²) >= 11 is 0. The van der Waals surface area contributed by atoms with Gasteiger partial charge in [-0.1, -0.05) is 24.3 Å². The number of ether oxygens (including phenoxy) is 3. The zero-order valence-electron chi connectivity index (χ0n) is 14.7. The Hall–Kier alpha value is -2.20. The van der Waals surface area contributed by atoms with Crippen LogP contribution >= 0.6 is 0 Å². The third kappa shape index (κ3) is 2.82. The van der Waals surface area contributed by atoms with E-state index in [9.17, 15) is 0 Å². The Morgan fingerprint density at radius 2 is 1.88 bits per heavy atom. The SMILES string of the molecule is CCOc1ccc2c(c1)OC(C)(C)C(c1ccccc1OC)C2N. The molecule has 1 aliphatic heterocycles. The van der Waals surface area contributed by atoms with Crippen LogP contribution in [-0.2, 0) is 0 Å². The Bertz CT molecular complexity index is 727. The van der Waals surface area contributed by atoms with E-state index in [0.717, 1.165) is 28.4 Å². The van der Waals surface area contributed by atoms with Crippen molar-refractivity contribution < 1.29 is 14.2 Å². The smallest absolute Gasteiger partial charge is 0.128 e. The molecule has 0 saturated carbocycles. The predicted molar refractivity (Wildman–Crippen MR) is 95.0 cm³/mol. The molecule has 2 N–H and O–H groups in total. The predicted octanol–water partition coefficient (Wildman–Crippen LogP) is 4.05. The third-order valence-corrected chi connectivity index (χ3v) is 4.61. The summed E-state index contributed by atoms with van der Waals surface area (Å²) in [5, 5.41) is 0. The van der Waals surface area contributed by atoms with E-state index in [0.29, 0.717) is 6.61 Å². The highest BCUT2D eigenvalue weighted by molar-refractivity contribution is 5.49. The van der Waals surface area contributed by atoms with Crippen LogP contribution in [0.1, 0.15) is 43.9 Å². The lowest BCUT2D eigenvalue weighted by molar-refractivity contribution is 0.0466. The quantitative estimate of drug-likeness (QED) is 0.920. The summed E-state index contributed by atoms with van der Waals surface area (Å²) < 4.78 is 17.5. The number of rotatable bonds is 4. The van der Waals surface area contributed by atoms with Crippen LogP contribution in [0.5, 0.6) is 17.2 Å². The first kappa shape index (κ1) is 16.7. The molecule has 4 nitrogen and oxygen atoms in total. The van der Waals surface area contributed by atoms with Crippen LogP contribution in [0.25, 0.3) is 0 Å². The molecule has 4 heteroatoms. The molecule has 0 saturated heterocycles. The Labute approximate surface area is 143 Å². The van der Waals surface area contributed by atoms with Gasteiger partial charge < -0.3 is 19.9 Å². The maximum Gasteiger partial charge on any atom is 0.128 e. The highest BCUT2D eigenvalue weighted by atomic mass is 16.5. The second-order valence-electron chi connectivity index (χ2n) is 6.58. The molecule has 0 radical (unpaired) electrons. The average molecular weight is 327 g/mol. The van der Waals surface area contributed by atoms with Gasteiger partial charge in [0.25, 0.3) is 0 Å². The van der Waals surface area contributed by atoms with Crippen LogP contribution in [0, 0.1) is 0 Å². The first-order chi connectivity index (χ1) is 11.5. The van der Waals surface area contributed by atoms with Gasteiger partial charge in [-0.25, -0.2) is 0 Å². The van der Waals surface area contributed by atoms with Gasteiger partial charge in [0.05, 0.1) is 13.7 Å². The van der Waals surface area contributed by atoms with E-state index < -0.39 is 5.60 Å². The van der Waals surface area contributed by atoms with Crippen LogP contribution in [0.4, 0.5) is 0 Å². The van der Waals surface area contributed by atoms with Crippen molar-refractivity contribution in [3.05, 3.63) is 53.6 Å². The van der Waals surface area contributed by atoms with Gasteiger partial charge in [-0.05, 0) is 32.9 Å². The van der Waals surface area contributed by atoms with Gasteiger partial charge in [-0.2, -0.15) is 0 Å². The van der Waals surface area contributed by atoms with E-state index in [4.69, 9.17) is 19.9 Å². The van der Waals surface area contributed by atoms with Gasteiger partial charge in [-0.3, -0.25) is 0 Å². The Kier molecular flexibility index (Phi) is 4.41. The standard InChI is InChI=1S/C20H25NO3/c1-5-23-13-10-11-15-17(12-13)24-20(2,3)18(19(15)21)14-8-6-7-9-16(14)22-4/h6-12,18-19H,5,21H2,1-4H3. The molecule has 3 rings (SSSR count). The van der Waals surface area contributed by atoms with Gasteiger partial charge in [0.1, 0.15) is 22.8 Å². The highest BCUT2D eigenvalue weighted by Gasteiger charge is 2.44. The lowest BCUT2D eigenvalue weighted by Crippen LogP contribution is -2.45. The third-order valence-electron chi connectivity index (χ3n) is 4.61. The van der Waals surface area contributed by atoms with Crippen molar-refractivity contribution in [2.75, 3.05) is 13.7 Å². The van der Waals surface area contributed by atoms with Crippen molar-refractivity contribution >= 4 is 0 Å². The van der Waals surface area contributed by atoms with Crippen molar-refractivity contribution in [3.63, 3.8) is 0 Å². The van der Waals surface area contributed by atoms with E-state index in [2.05, 4.69) is 19.9 Å². The minimum Gasteiger partial charge on any atom is -0.496 e. The molecule has 24 heavy (non-hydrogen) atoms. The summed E-state index contributed by atoms with van der Waals surface area (Å²) in [7, 11) is 1.68. The van der Waals surface area contributed by atoms with E-state index >= 15 is 0 Å². The molecule has 1 aliphatic rings. The van der Waals surface area contributed by atoms with Crippen molar-refractivity contribution in [1.29, 1.82) is 0 Å². The summed E-state index contributed by atoms with van der Waals surface area (Å²) in [5.41, 5.74) is 8.26. The van der Waals surface area contributed by atoms with Gasteiger partial charge in [0.15, 0.2) is 0 Å². The second-order valence-corrected chi connectivity index (χ2v) is 6.58. The van der Waals surface area contributed by atoms with E-state index in [1.165, 1.54) is 0 Å². The van der Waals surface area contributed by atoms with E-state index in [1.54, 1.807) is 7.11 Å². The largest absolute Gasteiger partial charge is 0.496 e. The normalized spacial score (nSPS) is 21.5. The number of hydrogen-bond acceptors (Lipinski definition) is 4. The Morgan fingerprint density at radius 1 is 1.12 bits per heavy atom. The molecule has 128 valence electrons. The minimum absolute atomic E-state index is 0.0147. The van der Waals surface area contributed by atoms with Crippen LogP contribution in [0.2, 0.25) is 0 Å². The number of para-hydroxylation sites is 1. The molecule has 2 aromatic carbocycles. The molecule has 0 bridgehead atoms. The van der Waals surface area contributed by atoms with E-state index in [-0.39, 0.29) is 12.0 Å². The number of benzene rings is 2. The molecular formula is C20H25NO3. The second kappa shape index (κ2) is 6.36. The zero-order valence-corrected chi connectivity index (χ0v) is 14.7. The molecule has 1 heterocycles. The summed E-state index contributed by atoms with van der Waals surface area (Å²) in [4.78, 5) is 0. The monoisotopic (exact) mass is 327 g/mol. The van der Waals surface area contributed by atoms with Crippen LogP contribution in [-0.4, -0.2) is 19.3 Å². The molecule has 2 unspecified atom stereocenters. The van der Waals surface area contributed by atoms with Gasteiger partial charge in [0.2, 0.25) is 0 Å². The molecule has 2 atom stereocenters. The maximum absolute atomic E-state index is 6.67. The Morgan fingerprint density at radius 3 is 2.58 bits per heavy atom. The van der Waals surface area contributed by atoms with Gasteiger partial charge in [-0.15, -0.1) is 0 Å². The lowest BCUT2D eigenvalue weighted by Gasteiger charge is -2.44. The lowest BCUT2D eigenvalue weighted by atomic mass is 9.74. The van der Waals surface area contributed by atoms with Gasteiger partial charge in [0, 0.05) is 29.2 Å². The molecular weight excluding hydrogens is 302 g/mol. The zero-order chi connectivity index (χ0) is 17.3. The van der Waals surface area contributed by atoms with Crippen molar-refractivity contribution in [3.8, 4) is 17.2 Å². The van der Waals surface area contributed by atoms with Crippen LogP contribution in [0.15, 0.2) is 42.5 Å². The van der Waals surface area contributed by atoms with Gasteiger partial charge >= 0.3 is 0 Å². The van der Waals surface area contributed by atoms with E-state index in [1.807, 2.05) is 43.3 Å². The topological polar surface area (TPSA) is 53.7 Å². The number of nitrogens with two attached hydrogens (primary N) is 1.